The molecule has 3 rings (SSSR count). The molecular formula is C19H20N2O3S. The number of carbonyl (C=O) groups is 2. The van der Waals surface area contributed by atoms with E-state index in [0.717, 1.165) is 5.56 Å². The van der Waals surface area contributed by atoms with Crippen LogP contribution in [-0.4, -0.2) is 48.0 Å². The van der Waals surface area contributed by atoms with E-state index in [2.05, 4.69) is 12.6 Å². The van der Waals surface area contributed by atoms with Gasteiger partial charge in [-0.05, 0) is 17.7 Å². The maximum atomic E-state index is 12.6. The topological polar surface area (TPSA) is 49.9 Å². The third-order valence-corrected chi connectivity index (χ3v) is 4.55. The van der Waals surface area contributed by atoms with Crippen LogP contribution in [0.5, 0.6) is 0 Å². The Labute approximate surface area is 152 Å². The summed E-state index contributed by atoms with van der Waals surface area (Å²) in [5.74, 6) is -0.0529. The Balaban J connectivity index is 1.50. The van der Waals surface area contributed by atoms with Gasteiger partial charge < -0.3 is 14.5 Å². The van der Waals surface area contributed by atoms with E-state index >= 15 is 0 Å². The molecule has 5 nitrogen and oxygen atoms in total. The van der Waals surface area contributed by atoms with Crippen LogP contribution in [0.4, 0.5) is 4.79 Å². The van der Waals surface area contributed by atoms with Gasteiger partial charge in [-0.2, -0.15) is 0 Å². The smallest absolute Gasteiger partial charge is 0.410 e. The SMILES string of the molecule is O=C(OCc1ccccc1)N1CCN(C(=O)c2ccccc2S)CC1. The summed E-state index contributed by atoms with van der Waals surface area (Å²) >= 11 is 4.34. The van der Waals surface area contributed by atoms with Gasteiger partial charge in [0.2, 0.25) is 0 Å². The highest BCUT2D eigenvalue weighted by atomic mass is 32.1. The number of benzene rings is 2. The lowest BCUT2D eigenvalue weighted by Crippen LogP contribution is -2.50. The summed E-state index contributed by atoms with van der Waals surface area (Å²) in [6, 6.07) is 16.8. The molecule has 0 unspecified atom stereocenters. The average molecular weight is 356 g/mol. The highest BCUT2D eigenvalue weighted by Crippen LogP contribution is 2.17. The number of amides is 2. The molecule has 2 amide bonds. The molecule has 0 aliphatic carbocycles. The van der Waals surface area contributed by atoms with Crippen molar-refractivity contribution in [3.63, 3.8) is 0 Å². The van der Waals surface area contributed by atoms with Crippen LogP contribution in [0.15, 0.2) is 59.5 Å². The molecule has 1 heterocycles. The lowest BCUT2D eigenvalue weighted by Gasteiger charge is -2.34. The van der Waals surface area contributed by atoms with Crippen LogP contribution in [0, 0.1) is 0 Å². The lowest BCUT2D eigenvalue weighted by molar-refractivity contribution is 0.0541. The molecule has 1 aliphatic rings. The molecule has 2 aromatic rings. The number of hydrogen-bond donors (Lipinski definition) is 1. The van der Waals surface area contributed by atoms with Gasteiger partial charge in [0.25, 0.3) is 5.91 Å². The fourth-order valence-electron chi connectivity index (χ4n) is 2.73. The molecule has 0 radical (unpaired) electrons. The second-order valence-corrected chi connectivity index (χ2v) is 6.32. The molecule has 0 spiro atoms. The zero-order chi connectivity index (χ0) is 17.6. The van der Waals surface area contributed by atoms with E-state index in [0.29, 0.717) is 36.6 Å². The number of thiol groups is 1. The minimum absolute atomic E-state index is 0.0529. The molecule has 130 valence electrons. The van der Waals surface area contributed by atoms with Crippen LogP contribution in [0.3, 0.4) is 0 Å². The maximum absolute atomic E-state index is 12.6. The van der Waals surface area contributed by atoms with Crippen molar-refractivity contribution in [2.75, 3.05) is 26.2 Å². The van der Waals surface area contributed by atoms with Gasteiger partial charge in [0.15, 0.2) is 0 Å². The summed E-state index contributed by atoms with van der Waals surface area (Å²) in [6.45, 7) is 2.16. The molecule has 2 aromatic carbocycles. The molecule has 0 aromatic heterocycles. The first-order valence-electron chi connectivity index (χ1n) is 8.18. The Morgan fingerprint density at radius 1 is 0.880 bits per heavy atom. The largest absolute Gasteiger partial charge is 0.445 e. The fraction of sp³-hybridized carbons (Fsp3) is 0.263. The first-order valence-corrected chi connectivity index (χ1v) is 8.63. The van der Waals surface area contributed by atoms with Crippen LogP contribution in [0.2, 0.25) is 0 Å². The van der Waals surface area contributed by atoms with E-state index in [-0.39, 0.29) is 18.6 Å². The summed E-state index contributed by atoms with van der Waals surface area (Å²) in [5, 5.41) is 0. The van der Waals surface area contributed by atoms with E-state index < -0.39 is 0 Å². The molecule has 25 heavy (non-hydrogen) atoms. The number of rotatable bonds is 3. The van der Waals surface area contributed by atoms with Crippen LogP contribution in [0.1, 0.15) is 15.9 Å². The van der Waals surface area contributed by atoms with Crippen molar-refractivity contribution in [2.24, 2.45) is 0 Å². The first kappa shape index (κ1) is 17.4. The number of hydrogen-bond acceptors (Lipinski definition) is 4. The minimum atomic E-state index is -0.342. The third-order valence-electron chi connectivity index (χ3n) is 4.16. The quantitative estimate of drug-likeness (QED) is 0.860. The van der Waals surface area contributed by atoms with E-state index in [1.165, 1.54) is 0 Å². The summed E-state index contributed by atoms with van der Waals surface area (Å²) in [4.78, 5) is 28.8. The molecule has 0 atom stereocenters. The Bertz CT molecular complexity index is 743. The number of piperazine rings is 1. The molecular weight excluding hydrogens is 336 g/mol. The number of ether oxygens (including phenoxy) is 1. The van der Waals surface area contributed by atoms with Crippen molar-refractivity contribution < 1.29 is 14.3 Å². The first-order chi connectivity index (χ1) is 12.1. The van der Waals surface area contributed by atoms with Gasteiger partial charge in [-0.15, -0.1) is 12.6 Å². The van der Waals surface area contributed by atoms with Gasteiger partial charge in [0, 0.05) is 31.1 Å². The van der Waals surface area contributed by atoms with Gasteiger partial charge in [-0.25, -0.2) is 4.79 Å². The minimum Gasteiger partial charge on any atom is -0.445 e. The normalized spacial score (nSPS) is 14.3. The van der Waals surface area contributed by atoms with E-state index in [1.54, 1.807) is 21.9 Å². The van der Waals surface area contributed by atoms with Crippen molar-refractivity contribution in [2.45, 2.75) is 11.5 Å². The standard InChI is InChI=1S/C19H20N2O3S/c22-18(16-8-4-5-9-17(16)25)20-10-12-21(13-11-20)19(23)24-14-15-6-2-1-3-7-15/h1-9,25H,10-14H2. The predicted octanol–water partition coefficient (Wildman–Crippen LogP) is 3.07. The molecule has 0 N–H and O–H groups in total. The van der Waals surface area contributed by atoms with Gasteiger partial charge >= 0.3 is 6.09 Å². The predicted molar refractivity (Wildman–Crippen MR) is 97.8 cm³/mol. The van der Waals surface area contributed by atoms with Crippen LogP contribution < -0.4 is 0 Å². The summed E-state index contributed by atoms with van der Waals surface area (Å²) < 4.78 is 5.34. The van der Waals surface area contributed by atoms with Gasteiger partial charge in [-0.3, -0.25) is 4.79 Å². The Hall–Kier alpha value is -2.47. The van der Waals surface area contributed by atoms with Crippen molar-refractivity contribution in [3.8, 4) is 0 Å². The molecule has 0 bridgehead atoms. The second kappa shape index (κ2) is 8.07. The van der Waals surface area contributed by atoms with Crippen molar-refractivity contribution in [1.29, 1.82) is 0 Å². The van der Waals surface area contributed by atoms with Crippen LogP contribution >= 0.6 is 12.6 Å². The van der Waals surface area contributed by atoms with Crippen molar-refractivity contribution in [1.82, 2.24) is 9.80 Å². The third kappa shape index (κ3) is 4.33. The van der Waals surface area contributed by atoms with E-state index in [1.807, 2.05) is 42.5 Å². The van der Waals surface area contributed by atoms with Gasteiger partial charge in [0.1, 0.15) is 6.61 Å². The number of nitrogens with zero attached hydrogens (tertiary/aromatic N) is 2. The zero-order valence-corrected chi connectivity index (χ0v) is 14.7. The molecule has 1 aliphatic heterocycles. The number of carbonyl (C=O) groups excluding carboxylic acids is 2. The van der Waals surface area contributed by atoms with Crippen LogP contribution in [-0.2, 0) is 11.3 Å². The molecule has 1 saturated heterocycles. The average Bonchev–Trinajstić information content (AvgIpc) is 2.67. The summed E-state index contributed by atoms with van der Waals surface area (Å²) in [5.41, 5.74) is 1.54. The lowest BCUT2D eigenvalue weighted by atomic mass is 10.2. The second-order valence-electron chi connectivity index (χ2n) is 5.84. The summed E-state index contributed by atoms with van der Waals surface area (Å²) in [7, 11) is 0. The highest BCUT2D eigenvalue weighted by molar-refractivity contribution is 7.80. The fourth-order valence-corrected chi connectivity index (χ4v) is 2.98. The Morgan fingerprint density at radius 2 is 1.48 bits per heavy atom. The van der Waals surface area contributed by atoms with Crippen molar-refractivity contribution >= 4 is 24.6 Å². The molecule has 1 fully saturated rings. The molecule has 6 heteroatoms. The van der Waals surface area contributed by atoms with Gasteiger partial charge in [0.05, 0.1) is 5.56 Å². The van der Waals surface area contributed by atoms with Crippen LogP contribution in [0.25, 0.3) is 0 Å². The molecule has 0 saturated carbocycles. The summed E-state index contributed by atoms with van der Waals surface area (Å²) in [6.07, 6.45) is -0.342. The Morgan fingerprint density at radius 3 is 2.16 bits per heavy atom. The highest BCUT2D eigenvalue weighted by Gasteiger charge is 2.26. The monoisotopic (exact) mass is 356 g/mol. The zero-order valence-electron chi connectivity index (χ0n) is 13.8. The van der Waals surface area contributed by atoms with E-state index in [4.69, 9.17) is 4.74 Å². The van der Waals surface area contributed by atoms with Crippen molar-refractivity contribution in [3.05, 3.63) is 65.7 Å². The maximum Gasteiger partial charge on any atom is 0.410 e. The van der Waals surface area contributed by atoms with E-state index in [9.17, 15) is 9.59 Å². The Kier molecular flexibility index (Phi) is 5.60. The van der Waals surface area contributed by atoms with Gasteiger partial charge in [-0.1, -0.05) is 42.5 Å².